The lowest BCUT2D eigenvalue weighted by atomic mass is 10.2. The summed E-state index contributed by atoms with van der Waals surface area (Å²) in [7, 11) is 1.48. The van der Waals surface area contributed by atoms with Crippen molar-refractivity contribution in [2.45, 2.75) is 13.0 Å². The predicted octanol–water partition coefficient (Wildman–Crippen LogP) is 0.427. The number of halogens is 1. The summed E-state index contributed by atoms with van der Waals surface area (Å²) in [6, 6.07) is 5.85. The largest absolute Gasteiger partial charge is 0.359 e. The van der Waals surface area contributed by atoms with Gasteiger partial charge in [-0.05, 0) is 17.7 Å². The van der Waals surface area contributed by atoms with Crippen molar-refractivity contribution >= 4 is 11.8 Å². The molecule has 2 N–H and O–H groups in total. The number of benzene rings is 1. The number of hydrogen-bond donors (Lipinski definition) is 2. The lowest BCUT2D eigenvalue weighted by Gasteiger charge is -2.02. The van der Waals surface area contributed by atoms with Gasteiger partial charge in [0.2, 0.25) is 5.91 Å². The maximum Gasteiger partial charge on any atom is 0.315 e. The summed E-state index contributed by atoms with van der Waals surface area (Å²) in [5.41, 5.74) is 0.605. The summed E-state index contributed by atoms with van der Waals surface area (Å²) in [5, 5.41) is 8.45. The number of amides is 2. The molecule has 2 amide bonds. The Balaban J connectivity index is 1.93. The van der Waals surface area contributed by atoms with Gasteiger partial charge in [-0.25, -0.2) is 4.39 Å². The van der Waals surface area contributed by atoms with Crippen molar-refractivity contribution in [2.75, 3.05) is 7.05 Å². The highest BCUT2D eigenvalue weighted by Gasteiger charge is 2.16. The second kappa shape index (κ2) is 6.60. The molecule has 0 atom stereocenters. The summed E-state index contributed by atoms with van der Waals surface area (Å²) in [6.45, 7) is 0.129. The average molecular weight is 292 g/mol. The standard InChI is InChI=1S/C13H13FN4O3/c1-15-11(19)6-10-17-13(21-18-10)12(20)16-7-8-3-2-4-9(14)5-8/h2-5H,6-7H2,1H3,(H,15,19)(H,16,20). The molecule has 0 aliphatic carbocycles. The summed E-state index contributed by atoms with van der Waals surface area (Å²) in [5.74, 6) is -1.39. The molecule has 0 unspecified atom stereocenters. The Hall–Kier alpha value is -2.77. The normalized spacial score (nSPS) is 10.2. The molecule has 0 bridgehead atoms. The predicted molar refractivity (Wildman–Crippen MR) is 69.6 cm³/mol. The maximum absolute atomic E-state index is 13.0. The van der Waals surface area contributed by atoms with Crippen LogP contribution in [0.1, 0.15) is 22.1 Å². The first-order valence-corrected chi connectivity index (χ1v) is 6.14. The van der Waals surface area contributed by atoms with Crippen molar-refractivity contribution < 1.29 is 18.5 Å². The Labute approximate surface area is 119 Å². The topological polar surface area (TPSA) is 97.1 Å². The Kier molecular flexibility index (Phi) is 4.60. The van der Waals surface area contributed by atoms with Crippen LogP contribution in [0.4, 0.5) is 4.39 Å². The minimum Gasteiger partial charge on any atom is -0.359 e. The lowest BCUT2D eigenvalue weighted by Crippen LogP contribution is -2.23. The number of hydrogen-bond acceptors (Lipinski definition) is 5. The van der Waals surface area contributed by atoms with Crippen molar-refractivity contribution in [3.8, 4) is 0 Å². The van der Waals surface area contributed by atoms with Crippen LogP contribution in [0.2, 0.25) is 0 Å². The highest BCUT2D eigenvalue weighted by Crippen LogP contribution is 2.04. The average Bonchev–Trinajstić information content (AvgIpc) is 2.93. The van der Waals surface area contributed by atoms with Crippen LogP contribution in [-0.2, 0) is 17.8 Å². The minimum absolute atomic E-state index is 0.0722. The zero-order valence-corrected chi connectivity index (χ0v) is 11.2. The van der Waals surface area contributed by atoms with Crippen LogP contribution in [0.15, 0.2) is 28.8 Å². The molecule has 21 heavy (non-hydrogen) atoms. The first-order chi connectivity index (χ1) is 10.1. The van der Waals surface area contributed by atoms with Gasteiger partial charge in [-0.15, -0.1) is 0 Å². The van der Waals surface area contributed by atoms with Gasteiger partial charge in [-0.2, -0.15) is 4.98 Å². The van der Waals surface area contributed by atoms with Crippen LogP contribution in [0.3, 0.4) is 0 Å². The van der Waals surface area contributed by atoms with Gasteiger partial charge in [0.25, 0.3) is 0 Å². The highest BCUT2D eigenvalue weighted by atomic mass is 19.1. The van der Waals surface area contributed by atoms with Crippen LogP contribution >= 0.6 is 0 Å². The SMILES string of the molecule is CNC(=O)Cc1noc(C(=O)NCc2cccc(F)c2)n1. The number of aromatic nitrogens is 2. The molecule has 110 valence electrons. The van der Waals surface area contributed by atoms with E-state index in [1.807, 2.05) is 0 Å². The number of carbonyl (C=O) groups excluding carboxylic acids is 2. The van der Waals surface area contributed by atoms with Crippen molar-refractivity contribution in [3.05, 3.63) is 47.4 Å². The number of carbonyl (C=O) groups is 2. The summed E-state index contributed by atoms with van der Waals surface area (Å²) < 4.78 is 17.7. The van der Waals surface area contributed by atoms with E-state index in [1.165, 1.54) is 19.2 Å². The first kappa shape index (κ1) is 14.6. The molecule has 0 saturated carbocycles. The van der Waals surface area contributed by atoms with Crippen LogP contribution in [0.25, 0.3) is 0 Å². The quantitative estimate of drug-likeness (QED) is 0.832. The lowest BCUT2D eigenvalue weighted by molar-refractivity contribution is -0.120. The molecule has 1 heterocycles. The molecular weight excluding hydrogens is 279 g/mol. The van der Waals surface area contributed by atoms with E-state index in [2.05, 4.69) is 20.8 Å². The minimum atomic E-state index is -0.588. The van der Waals surface area contributed by atoms with E-state index in [0.717, 1.165) is 0 Å². The molecule has 1 aromatic carbocycles. The molecule has 0 aliphatic heterocycles. The number of nitrogens with one attached hydrogen (secondary N) is 2. The first-order valence-electron chi connectivity index (χ1n) is 6.14. The van der Waals surface area contributed by atoms with Crippen LogP contribution < -0.4 is 10.6 Å². The van der Waals surface area contributed by atoms with E-state index in [4.69, 9.17) is 4.52 Å². The van der Waals surface area contributed by atoms with E-state index in [9.17, 15) is 14.0 Å². The fourth-order valence-electron chi connectivity index (χ4n) is 1.55. The highest BCUT2D eigenvalue weighted by molar-refractivity contribution is 5.89. The van der Waals surface area contributed by atoms with Gasteiger partial charge in [-0.1, -0.05) is 17.3 Å². The third-order valence-corrected chi connectivity index (χ3v) is 2.60. The molecule has 0 aliphatic rings. The molecule has 2 aromatic rings. The second-order valence-corrected chi connectivity index (χ2v) is 4.18. The third kappa shape index (κ3) is 4.10. The van der Waals surface area contributed by atoms with Gasteiger partial charge >= 0.3 is 11.8 Å². The van der Waals surface area contributed by atoms with E-state index in [-0.39, 0.29) is 36.4 Å². The van der Waals surface area contributed by atoms with Crippen LogP contribution in [0, 0.1) is 5.82 Å². The zero-order chi connectivity index (χ0) is 15.2. The van der Waals surface area contributed by atoms with Gasteiger partial charge in [0.1, 0.15) is 5.82 Å². The molecule has 0 spiro atoms. The smallest absolute Gasteiger partial charge is 0.315 e. The van der Waals surface area contributed by atoms with Crippen molar-refractivity contribution in [2.24, 2.45) is 0 Å². The molecule has 8 heteroatoms. The third-order valence-electron chi connectivity index (χ3n) is 2.60. The Morgan fingerprint density at radius 2 is 2.19 bits per heavy atom. The second-order valence-electron chi connectivity index (χ2n) is 4.18. The van der Waals surface area contributed by atoms with Crippen molar-refractivity contribution in [3.63, 3.8) is 0 Å². The monoisotopic (exact) mass is 292 g/mol. The van der Waals surface area contributed by atoms with Gasteiger partial charge in [0.15, 0.2) is 5.82 Å². The molecule has 7 nitrogen and oxygen atoms in total. The van der Waals surface area contributed by atoms with Crippen LogP contribution in [-0.4, -0.2) is 29.0 Å². The maximum atomic E-state index is 13.0. The van der Waals surface area contributed by atoms with Gasteiger partial charge < -0.3 is 15.2 Å². The fraction of sp³-hybridized carbons (Fsp3) is 0.231. The Morgan fingerprint density at radius 1 is 1.38 bits per heavy atom. The summed E-state index contributed by atoms with van der Waals surface area (Å²) >= 11 is 0. The van der Waals surface area contributed by atoms with Gasteiger partial charge in [0, 0.05) is 13.6 Å². The van der Waals surface area contributed by atoms with E-state index in [0.29, 0.717) is 5.56 Å². The molecular formula is C13H13FN4O3. The Morgan fingerprint density at radius 3 is 2.90 bits per heavy atom. The van der Waals surface area contributed by atoms with E-state index in [1.54, 1.807) is 12.1 Å². The Bertz CT molecular complexity index is 656. The van der Waals surface area contributed by atoms with Crippen molar-refractivity contribution in [1.29, 1.82) is 0 Å². The molecule has 0 fully saturated rings. The fourth-order valence-corrected chi connectivity index (χ4v) is 1.55. The van der Waals surface area contributed by atoms with Crippen molar-refractivity contribution in [1.82, 2.24) is 20.8 Å². The van der Waals surface area contributed by atoms with E-state index >= 15 is 0 Å². The molecule has 0 radical (unpaired) electrons. The number of likely N-dealkylation sites (N-methyl/N-ethyl adjacent to an activating group) is 1. The number of rotatable bonds is 5. The van der Waals surface area contributed by atoms with Crippen LogP contribution in [0.5, 0.6) is 0 Å². The molecule has 2 rings (SSSR count). The number of nitrogens with zero attached hydrogens (tertiary/aromatic N) is 2. The van der Waals surface area contributed by atoms with Gasteiger partial charge in [-0.3, -0.25) is 9.59 Å². The van der Waals surface area contributed by atoms with E-state index < -0.39 is 5.91 Å². The molecule has 1 aromatic heterocycles. The zero-order valence-electron chi connectivity index (χ0n) is 11.2. The van der Waals surface area contributed by atoms with Gasteiger partial charge in [0.05, 0.1) is 6.42 Å². The summed E-state index contributed by atoms with van der Waals surface area (Å²) in [4.78, 5) is 26.7. The summed E-state index contributed by atoms with van der Waals surface area (Å²) in [6.07, 6.45) is -0.0722. The molecule has 0 saturated heterocycles.